The Labute approximate surface area is 300 Å². The molecule has 0 spiro atoms. The maximum atomic E-state index is 13.8. The van der Waals surface area contributed by atoms with E-state index in [-0.39, 0.29) is 28.1 Å². The van der Waals surface area contributed by atoms with Gasteiger partial charge in [-0.15, -0.1) is 0 Å². The molecule has 272 valence electrons. The molecule has 14 heteroatoms. The number of aromatic nitrogens is 2. The lowest BCUT2D eigenvalue weighted by molar-refractivity contribution is -0.141. The lowest BCUT2D eigenvalue weighted by Gasteiger charge is -2.31. The molecule has 6 aromatic rings. The summed E-state index contributed by atoms with van der Waals surface area (Å²) >= 11 is 0. The topological polar surface area (TPSA) is 93.1 Å². The molecule has 5 aromatic carbocycles. The Morgan fingerprint density at radius 3 is 1.98 bits per heavy atom. The lowest BCUT2D eigenvalue weighted by Crippen LogP contribution is -2.47. The van der Waals surface area contributed by atoms with Crippen LogP contribution in [0.4, 0.5) is 32.0 Å². The number of hydrogen-bond donors (Lipinski definition) is 2. The maximum absolute atomic E-state index is 13.8. The van der Waals surface area contributed by atoms with Gasteiger partial charge in [0.25, 0.3) is 10.0 Å². The first-order valence-corrected chi connectivity index (χ1v) is 17.9. The third-order valence-electron chi connectivity index (χ3n) is 9.42. The fourth-order valence-corrected chi connectivity index (χ4v) is 8.37. The highest BCUT2D eigenvalue weighted by atomic mass is 32.2. The van der Waals surface area contributed by atoms with Crippen LogP contribution in [0.1, 0.15) is 29.5 Å². The number of amides is 1. The van der Waals surface area contributed by atoms with Crippen LogP contribution in [-0.4, -0.2) is 36.6 Å². The molecule has 53 heavy (non-hydrogen) atoms. The second kappa shape index (κ2) is 13.4. The number of rotatable bonds is 10. The summed E-state index contributed by atoms with van der Waals surface area (Å²) < 4.78 is 111. The van der Waals surface area contributed by atoms with Gasteiger partial charge < -0.3 is 9.88 Å². The summed E-state index contributed by atoms with van der Waals surface area (Å²) in [5.74, 6) is -0.737. The van der Waals surface area contributed by atoms with Crippen LogP contribution in [0.5, 0.6) is 0 Å². The van der Waals surface area contributed by atoms with Crippen LogP contribution in [0.25, 0.3) is 33.3 Å². The molecule has 0 atom stereocenters. The number of halogens is 6. The molecule has 2 N–H and O–H groups in total. The lowest BCUT2D eigenvalue weighted by atomic mass is 9.73. The monoisotopic (exact) mass is 748 g/mol. The third kappa shape index (κ3) is 6.86. The van der Waals surface area contributed by atoms with Gasteiger partial charge in [-0.3, -0.25) is 9.52 Å². The van der Waals surface area contributed by atoms with E-state index in [1.165, 1.54) is 30.3 Å². The second-order valence-electron chi connectivity index (χ2n) is 12.7. The Morgan fingerprint density at radius 1 is 0.755 bits per heavy atom. The highest BCUT2D eigenvalue weighted by Gasteiger charge is 2.49. The second-order valence-corrected chi connectivity index (χ2v) is 14.4. The van der Waals surface area contributed by atoms with Gasteiger partial charge in [0, 0.05) is 12.1 Å². The van der Waals surface area contributed by atoms with E-state index in [0.717, 1.165) is 23.3 Å². The van der Waals surface area contributed by atoms with Crippen molar-refractivity contribution in [1.82, 2.24) is 14.9 Å². The van der Waals surface area contributed by atoms with E-state index in [2.05, 4.69) is 15.0 Å². The quantitative estimate of drug-likeness (QED) is 0.137. The molecular weight excluding hydrogens is 719 g/mol. The van der Waals surface area contributed by atoms with Gasteiger partial charge in [0.15, 0.2) is 0 Å². The number of alkyl halides is 6. The zero-order valence-electron chi connectivity index (χ0n) is 27.7. The van der Waals surface area contributed by atoms with Crippen molar-refractivity contribution in [2.45, 2.75) is 42.0 Å². The summed E-state index contributed by atoms with van der Waals surface area (Å²) in [5, 5.41) is 2.14. The van der Waals surface area contributed by atoms with Crippen molar-refractivity contribution in [2.24, 2.45) is 0 Å². The van der Waals surface area contributed by atoms with Gasteiger partial charge in [-0.25, -0.2) is 13.4 Å². The number of anilines is 1. The molecule has 1 aliphatic rings. The minimum atomic E-state index is -4.59. The average Bonchev–Trinajstić information content (AvgIpc) is 3.66. The number of imidazole rings is 1. The molecule has 0 saturated carbocycles. The van der Waals surface area contributed by atoms with Gasteiger partial charge in [0.1, 0.15) is 12.0 Å². The zero-order chi connectivity index (χ0) is 37.6. The van der Waals surface area contributed by atoms with Crippen LogP contribution < -0.4 is 10.0 Å². The highest BCUT2D eigenvalue weighted by molar-refractivity contribution is 7.92. The van der Waals surface area contributed by atoms with Gasteiger partial charge in [0.2, 0.25) is 5.91 Å². The molecule has 0 bridgehead atoms. The molecule has 0 aliphatic heterocycles. The Hall–Kier alpha value is -5.63. The van der Waals surface area contributed by atoms with Crippen molar-refractivity contribution in [3.63, 3.8) is 0 Å². The number of carbonyl (C=O) groups excluding carboxylic acids is 1. The molecular formula is C39H30F6N4O3S. The number of nitrogens with zero attached hydrogens (tertiary/aromatic N) is 2. The summed E-state index contributed by atoms with van der Waals surface area (Å²) in [6.45, 7) is -1.11. The number of nitrogens with one attached hydrogen (secondary N) is 2. The minimum absolute atomic E-state index is 0.131. The van der Waals surface area contributed by atoms with Crippen molar-refractivity contribution >= 4 is 32.7 Å². The molecule has 1 amide bonds. The summed E-state index contributed by atoms with van der Waals surface area (Å²) in [6.07, 6.45) is -6.99. The molecule has 1 heterocycles. The van der Waals surface area contributed by atoms with Gasteiger partial charge in [-0.2, -0.15) is 26.3 Å². The minimum Gasteiger partial charge on any atom is -0.346 e. The van der Waals surface area contributed by atoms with Gasteiger partial charge in [-0.05, 0) is 77.1 Å². The van der Waals surface area contributed by atoms with Crippen molar-refractivity contribution in [2.75, 3.05) is 11.3 Å². The normalized spacial score (nSPS) is 13.8. The van der Waals surface area contributed by atoms with Gasteiger partial charge in [0.05, 0.1) is 33.5 Å². The molecule has 1 aromatic heterocycles. The third-order valence-corrected chi connectivity index (χ3v) is 10.9. The number of carbonyl (C=O) groups is 1. The summed E-state index contributed by atoms with van der Waals surface area (Å²) in [5.41, 5.74) is 2.44. The predicted molar refractivity (Wildman–Crippen MR) is 188 cm³/mol. The number of aryl methyl sites for hydroxylation is 1. The number of hydrogen-bond acceptors (Lipinski definition) is 4. The van der Waals surface area contributed by atoms with Gasteiger partial charge >= 0.3 is 12.4 Å². The van der Waals surface area contributed by atoms with Crippen molar-refractivity contribution in [3.05, 3.63) is 138 Å². The van der Waals surface area contributed by atoms with E-state index in [0.29, 0.717) is 35.1 Å². The molecule has 0 saturated heterocycles. The first kappa shape index (κ1) is 35.8. The van der Waals surface area contributed by atoms with Crippen LogP contribution in [0.3, 0.4) is 0 Å². The first-order chi connectivity index (χ1) is 25.2. The molecule has 7 nitrogen and oxygen atoms in total. The fraction of sp³-hybridized carbons (Fsp3) is 0.179. The van der Waals surface area contributed by atoms with Gasteiger partial charge in [-0.1, -0.05) is 78.9 Å². The summed E-state index contributed by atoms with van der Waals surface area (Å²) in [6, 6.07) is 29.4. The van der Waals surface area contributed by atoms with E-state index in [1.54, 1.807) is 54.9 Å². The van der Waals surface area contributed by atoms with E-state index >= 15 is 0 Å². The first-order valence-electron chi connectivity index (χ1n) is 16.5. The highest BCUT2D eigenvalue weighted by Crippen LogP contribution is 2.51. The van der Waals surface area contributed by atoms with Crippen molar-refractivity contribution < 1.29 is 39.6 Å². The Morgan fingerprint density at radius 2 is 1.36 bits per heavy atom. The molecule has 1 aliphatic carbocycles. The molecule has 0 fully saturated rings. The average molecular weight is 749 g/mol. The fourth-order valence-electron chi connectivity index (χ4n) is 7.09. The summed E-state index contributed by atoms with van der Waals surface area (Å²) in [7, 11) is -4.21. The number of benzene rings is 5. The van der Waals surface area contributed by atoms with Crippen LogP contribution in [0.15, 0.2) is 126 Å². The SMILES string of the molecule is O=C(NCC(F)(F)F)C1(CCCn2cnc3cc(NS(=O)(=O)c4ccccc4-c4ccc(C(F)(F)F)cc4)ccc32)c2ccccc2-c2ccccc21. The smallest absolute Gasteiger partial charge is 0.346 e. The largest absolute Gasteiger partial charge is 0.416 e. The van der Waals surface area contributed by atoms with Crippen molar-refractivity contribution in [3.8, 4) is 22.3 Å². The number of sulfonamides is 1. The van der Waals surface area contributed by atoms with Crippen LogP contribution in [-0.2, 0) is 33.0 Å². The Bertz CT molecular complexity index is 2400. The predicted octanol–water partition coefficient (Wildman–Crippen LogP) is 8.95. The number of fused-ring (bicyclic) bond motifs is 4. The van der Waals surface area contributed by atoms with E-state index in [1.807, 2.05) is 28.8 Å². The Kier molecular flexibility index (Phi) is 9.05. The van der Waals surface area contributed by atoms with Crippen molar-refractivity contribution in [1.29, 1.82) is 0 Å². The molecule has 0 unspecified atom stereocenters. The molecule has 7 rings (SSSR count). The summed E-state index contributed by atoms with van der Waals surface area (Å²) in [4.78, 5) is 18.1. The molecule has 0 radical (unpaired) electrons. The van der Waals surface area contributed by atoms with Crippen LogP contribution in [0, 0.1) is 0 Å². The maximum Gasteiger partial charge on any atom is 0.416 e. The standard InChI is InChI=1S/C39H30F6N4O3S/c40-38(41,42)23-46-36(50)37(31-11-4-1-9-29(31)30-10-2-5-12-32(30)37)20-7-21-49-24-47-33-22-27(18-19-34(33)49)48-53(51,52)35-13-6-3-8-28(35)25-14-16-26(17-15-25)39(43,44)45/h1-6,8-19,22,24,48H,7,20-21,23H2,(H,46,50). The Balaban J connectivity index is 1.12. The zero-order valence-corrected chi connectivity index (χ0v) is 28.5. The van der Waals surface area contributed by atoms with Crippen LogP contribution in [0.2, 0.25) is 0 Å². The van der Waals surface area contributed by atoms with E-state index < -0.39 is 45.8 Å². The van der Waals surface area contributed by atoms with E-state index in [4.69, 9.17) is 0 Å². The van der Waals surface area contributed by atoms with E-state index in [9.17, 15) is 39.6 Å². The van der Waals surface area contributed by atoms with Crippen LogP contribution >= 0.6 is 0 Å².